The van der Waals surface area contributed by atoms with Gasteiger partial charge in [0.1, 0.15) is 12.0 Å². The highest BCUT2D eigenvalue weighted by Gasteiger charge is 2.36. The lowest BCUT2D eigenvalue weighted by Crippen LogP contribution is -2.33. The van der Waals surface area contributed by atoms with Crippen LogP contribution in [0.4, 0.5) is 0 Å². The monoisotopic (exact) mass is 332 g/mol. The maximum atomic E-state index is 10.8. The van der Waals surface area contributed by atoms with Gasteiger partial charge < -0.3 is 5.11 Å². The molecule has 3 rings (SSSR count). The lowest BCUT2D eigenvalue weighted by Gasteiger charge is -2.41. The molecule has 2 heteroatoms. The molecule has 0 bridgehead atoms. The molecule has 0 spiro atoms. The van der Waals surface area contributed by atoms with Gasteiger partial charge in [-0.25, -0.2) is 0 Å². The fourth-order valence-electron chi connectivity index (χ4n) is 3.53. The van der Waals surface area contributed by atoms with Gasteiger partial charge in [-0.15, -0.1) is 0 Å². The van der Waals surface area contributed by atoms with Crippen LogP contribution in [-0.4, -0.2) is 11.4 Å². The Bertz CT molecular complexity index is 892. The normalized spacial score (nSPS) is 17.1. The van der Waals surface area contributed by atoms with Crippen LogP contribution in [0.3, 0.4) is 0 Å². The van der Waals surface area contributed by atoms with Crippen molar-refractivity contribution >= 4 is 6.29 Å². The molecule has 1 aliphatic rings. The Morgan fingerprint density at radius 2 is 1.60 bits per heavy atom. The third-order valence-corrected chi connectivity index (χ3v) is 5.35. The molecule has 2 nitrogen and oxygen atoms in total. The van der Waals surface area contributed by atoms with Crippen LogP contribution in [-0.2, 0) is 10.8 Å². The summed E-state index contributed by atoms with van der Waals surface area (Å²) in [6.45, 7) is 9.20. The van der Waals surface area contributed by atoms with E-state index in [2.05, 4.69) is 57.7 Å². The molecule has 0 saturated carbocycles. The van der Waals surface area contributed by atoms with Crippen LogP contribution in [0, 0.1) is 11.8 Å². The second-order valence-electron chi connectivity index (χ2n) is 8.17. The molecule has 25 heavy (non-hydrogen) atoms. The zero-order chi connectivity index (χ0) is 18.2. The number of hydrogen-bond acceptors (Lipinski definition) is 2. The average molecular weight is 332 g/mol. The van der Waals surface area contributed by atoms with E-state index in [9.17, 15) is 9.90 Å². The highest BCUT2D eigenvalue weighted by atomic mass is 16.3. The first kappa shape index (κ1) is 17.3. The van der Waals surface area contributed by atoms with E-state index in [1.165, 1.54) is 23.6 Å². The van der Waals surface area contributed by atoms with Crippen LogP contribution in [0.25, 0.3) is 0 Å². The zero-order valence-electron chi connectivity index (χ0n) is 15.3. The number of phenols is 1. The van der Waals surface area contributed by atoms with Gasteiger partial charge in [-0.2, -0.15) is 0 Å². The molecule has 0 radical (unpaired) electrons. The minimum Gasteiger partial charge on any atom is -0.507 e. The number of aromatic hydroxyl groups is 1. The van der Waals surface area contributed by atoms with Crippen molar-refractivity contribution in [1.29, 1.82) is 0 Å². The minimum absolute atomic E-state index is 0.0384. The van der Waals surface area contributed by atoms with Crippen LogP contribution in [0.2, 0.25) is 0 Å². The summed E-state index contributed by atoms with van der Waals surface area (Å²) >= 11 is 0. The van der Waals surface area contributed by atoms with Gasteiger partial charge in [0.2, 0.25) is 0 Å². The van der Waals surface area contributed by atoms with Gasteiger partial charge in [0, 0.05) is 11.1 Å². The fourth-order valence-corrected chi connectivity index (χ4v) is 3.53. The first-order valence-electron chi connectivity index (χ1n) is 8.68. The number of aldehydes is 1. The van der Waals surface area contributed by atoms with Crippen molar-refractivity contribution in [3.05, 3.63) is 64.2 Å². The van der Waals surface area contributed by atoms with Gasteiger partial charge in [0.05, 0.1) is 5.56 Å². The van der Waals surface area contributed by atoms with Gasteiger partial charge in [0.15, 0.2) is 0 Å². The predicted octanol–water partition coefficient (Wildman–Crippen LogP) is 4.95. The first-order chi connectivity index (χ1) is 11.7. The standard InChI is InChI=1S/C23H24O2/c1-22(2)11-12-23(3,4)20-13-16(7-10-19(20)22)5-8-18-9-6-17(15-24)14-21(18)25/h6-7,9-10,13-15,25H,11-12H2,1-4H3. The van der Waals surface area contributed by atoms with Crippen molar-refractivity contribution in [2.45, 2.75) is 51.4 Å². The fraction of sp³-hybridized carbons (Fsp3) is 0.348. The highest BCUT2D eigenvalue weighted by molar-refractivity contribution is 5.76. The van der Waals surface area contributed by atoms with Gasteiger partial charge in [-0.05, 0) is 59.1 Å². The van der Waals surface area contributed by atoms with Crippen LogP contribution in [0.15, 0.2) is 36.4 Å². The predicted molar refractivity (Wildman–Crippen MR) is 101 cm³/mol. The summed E-state index contributed by atoms with van der Waals surface area (Å²) in [6, 6.07) is 11.2. The number of carbonyl (C=O) groups is 1. The van der Waals surface area contributed by atoms with Gasteiger partial charge in [-0.1, -0.05) is 51.7 Å². The second-order valence-corrected chi connectivity index (χ2v) is 8.17. The Hall–Kier alpha value is -2.53. The summed E-state index contributed by atoms with van der Waals surface area (Å²) in [7, 11) is 0. The molecule has 0 unspecified atom stereocenters. The second kappa shape index (κ2) is 6.08. The number of benzene rings is 2. The maximum absolute atomic E-state index is 10.8. The highest BCUT2D eigenvalue weighted by Crippen LogP contribution is 2.45. The Kier molecular flexibility index (Phi) is 4.21. The van der Waals surface area contributed by atoms with Crippen molar-refractivity contribution in [2.24, 2.45) is 0 Å². The molecule has 0 heterocycles. The molecule has 128 valence electrons. The quantitative estimate of drug-likeness (QED) is 0.592. The van der Waals surface area contributed by atoms with E-state index in [1.54, 1.807) is 12.1 Å². The van der Waals surface area contributed by atoms with Gasteiger partial charge in [-0.3, -0.25) is 4.79 Å². The van der Waals surface area contributed by atoms with Crippen LogP contribution < -0.4 is 0 Å². The summed E-state index contributed by atoms with van der Waals surface area (Å²) in [5, 5.41) is 9.98. The molecule has 1 aliphatic carbocycles. The third-order valence-electron chi connectivity index (χ3n) is 5.35. The Labute approximate surface area is 149 Å². The number of fused-ring (bicyclic) bond motifs is 1. The third kappa shape index (κ3) is 3.33. The van der Waals surface area contributed by atoms with E-state index >= 15 is 0 Å². The number of phenolic OH excluding ortho intramolecular Hbond substituents is 1. The first-order valence-corrected chi connectivity index (χ1v) is 8.68. The van der Waals surface area contributed by atoms with E-state index in [1.807, 2.05) is 0 Å². The molecule has 2 aromatic carbocycles. The van der Waals surface area contributed by atoms with Crippen LogP contribution in [0.1, 0.15) is 73.1 Å². The summed E-state index contributed by atoms with van der Waals surface area (Å²) in [5.74, 6) is 6.21. The van der Waals surface area contributed by atoms with Gasteiger partial charge in [0.25, 0.3) is 0 Å². The van der Waals surface area contributed by atoms with Gasteiger partial charge >= 0.3 is 0 Å². The maximum Gasteiger partial charge on any atom is 0.150 e. The van der Waals surface area contributed by atoms with Crippen LogP contribution >= 0.6 is 0 Å². The molecule has 2 aromatic rings. The van der Waals surface area contributed by atoms with E-state index in [-0.39, 0.29) is 16.6 Å². The lowest BCUT2D eigenvalue weighted by atomic mass is 9.63. The summed E-state index contributed by atoms with van der Waals surface area (Å²) in [5.41, 5.74) is 5.05. The van der Waals surface area contributed by atoms with Crippen molar-refractivity contribution in [3.8, 4) is 17.6 Å². The molecule has 0 fully saturated rings. The van der Waals surface area contributed by atoms with Crippen molar-refractivity contribution in [2.75, 3.05) is 0 Å². The average Bonchev–Trinajstić information content (AvgIpc) is 2.58. The topological polar surface area (TPSA) is 37.3 Å². The van der Waals surface area contributed by atoms with E-state index < -0.39 is 0 Å². The van der Waals surface area contributed by atoms with Crippen LogP contribution in [0.5, 0.6) is 5.75 Å². The molecule has 0 aliphatic heterocycles. The lowest BCUT2D eigenvalue weighted by molar-refractivity contribution is 0.112. The molecule has 0 aromatic heterocycles. The molecular formula is C23H24O2. The molecule has 0 saturated heterocycles. The SMILES string of the molecule is CC1(C)CCC(C)(C)c2cc(C#Cc3ccc(C=O)cc3O)ccc21. The summed E-state index contributed by atoms with van der Waals surface area (Å²) < 4.78 is 0. The summed E-state index contributed by atoms with van der Waals surface area (Å²) in [6.07, 6.45) is 3.07. The zero-order valence-corrected chi connectivity index (χ0v) is 15.3. The Balaban J connectivity index is 2.00. The molecule has 0 atom stereocenters. The van der Waals surface area contributed by atoms with E-state index in [4.69, 9.17) is 0 Å². The largest absolute Gasteiger partial charge is 0.507 e. The number of hydrogen-bond donors (Lipinski definition) is 1. The molecular weight excluding hydrogens is 308 g/mol. The molecule has 0 amide bonds. The minimum atomic E-state index is 0.0384. The Morgan fingerprint density at radius 1 is 0.920 bits per heavy atom. The van der Waals surface area contributed by atoms with Crippen molar-refractivity contribution in [1.82, 2.24) is 0 Å². The van der Waals surface area contributed by atoms with E-state index in [0.29, 0.717) is 17.4 Å². The van der Waals surface area contributed by atoms with E-state index in [0.717, 1.165) is 12.0 Å². The van der Waals surface area contributed by atoms with Crippen molar-refractivity contribution in [3.63, 3.8) is 0 Å². The Morgan fingerprint density at radius 3 is 2.24 bits per heavy atom. The summed E-state index contributed by atoms with van der Waals surface area (Å²) in [4.78, 5) is 10.8. The van der Waals surface area contributed by atoms with Crippen molar-refractivity contribution < 1.29 is 9.90 Å². The smallest absolute Gasteiger partial charge is 0.150 e. The molecule has 1 N–H and O–H groups in total. The number of rotatable bonds is 1. The number of carbonyl (C=O) groups excluding carboxylic acids is 1.